The molecular weight excluding hydrogens is 602 g/mol. The SMILES string of the molecule is CCC[CH2][Sn]([CH2]CCC)([CH2]CCC)[c]1ccccc1-c1c(OC)cccc1-c1c(F)c(F)c(F)c(F)c1F. The molecule has 3 rings (SSSR count). The maximum absolute atomic E-state index is 15.1. The van der Waals surface area contributed by atoms with Gasteiger partial charge in [-0.3, -0.25) is 0 Å². The zero-order chi connectivity index (χ0) is 27.9. The van der Waals surface area contributed by atoms with Gasteiger partial charge in [-0.15, -0.1) is 0 Å². The molecule has 0 radical (unpaired) electrons. The number of methoxy groups -OCH3 is 1. The zero-order valence-electron chi connectivity index (χ0n) is 22.7. The van der Waals surface area contributed by atoms with Crippen molar-refractivity contribution in [2.45, 2.75) is 72.6 Å². The zero-order valence-corrected chi connectivity index (χ0v) is 25.6. The van der Waals surface area contributed by atoms with Gasteiger partial charge in [0.1, 0.15) is 0 Å². The van der Waals surface area contributed by atoms with E-state index < -0.39 is 53.0 Å². The first-order chi connectivity index (χ1) is 18.3. The third kappa shape index (κ3) is 6.05. The van der Waals surface area contributed by atoms with E-state index in [-0.39, 0.29) is 5.56 Å². The number of ether oxygens (including phenoxy) is 1. The maximum atomic E-state index is 15.1. The van der Waals surface area contributed by atoms with Crippen LogP contribution in [0.3, 0.4) is 0 Å². The molecule has 0 bridgehead atoms. The average molecular weight is 639 g/mol. The van der Waals surface area contributed by atoms with E-state index in [2.05, 4.69) is 26.8 Å². The van der Waals surface area contributed by atoms with Gasteiger partial charge in [-0.2, -0.15) is 0 Å². The quantitative estimate of drug-likeness (QED) is 0.0784. The van der Waals surface area contributed by atoms with E-state index in [1.807, 2.05) is 18.2 Å². The Kier molecular flexibility index (Phi) is 11.1. The van der Waals surface area contributed by atoms with Gasteiger partial charge in [0, 0.05) is 0 Å². The molecule has 0 aliphatic heterocycles. The Morgan fingerprint density at radius 2 is 1.05 bits per heavy atom. The average Bonchev–Trinajstić information content (AvgIpc) is 2.95. The molecule has 0 amide bonds. The number of hydrogen-bond donors (Lipinski definition) is 0. The number of hydrogen-bond acceptors (Lipinski definition) is 1. The van der Waals surface area contributed by atoms with Crippen molar-refractivity contribution in [2.24, 2.45) is 0 Å². The van der Waals surface area contributed by atoms with Crippen molar-refractivity contribution in [1.82, 2.24) is 0 Å². The van der Waals surface area contributed by atoms with Gasteiger partial charge in [0.05, 0.1) is 0 Å². The first-order valence-corrected chi connectivity index (χ1v) is 21.0. The van der Waals surface area contributed by atoms with Gasteiger partial charge in [0.25, 0.3) is 0 Å². The van der Waals surface area contributed by atoms with Crippen molar-refractivity contribution in [1.29, 1.82) is 0 Å². The Balaban J connectivity index is 2.41. The second kappa shape index (κ2) is 13.8. The molecule has 0 heterocycles. The number of unbranched alkanes of at least 4 members (excludes halogenated alkanes) is 3. The normalized spacial score (nSPS) is 11.7. The van der Waals surface area contributed by atoms with Gasteiger partial charge in [-0.25, -0.2) is 0 Å². The monoisotopic (exact) mass is 640 g/mol. The summed E-state index contributed by atoms with van der Waals surface area (Å²) in [6, 6.07) is 12.5. The van der Waals surface area contributed by atoms with Crippen LogP contribution >= 0.6 is 0 Å². The molecule has 0 saturated carbocycles. The molecule has 0 spiro atoms. The van der Waals surface area contributed by atoms with E-state index in [4.69, 9.17) is 4.74 Å². The fourth-order valence-electron chi connectivity index (χ4n) is 5.52. The molecule has 0 fully saturated rings. The molecule has 38 heavy (non-hydrogen) atoms. The topological polar surface area (TPSA) is 9.23 Å². The predicted octanol–water partition coefficient (Wildman–Crippen LogP) is 9.78. The van der Waals surface area contributed by atoms with Crippen molar-refractivity contribution in [2.75, 3.05) is 7.11 Å². The molecule has 1 nitrogen and oxygen atoms in total. The van der Waals surface area contributed by atoms with E-state index in [0.29, 0.717) is 11.3 Å². The summed E-state index contributed by atoms with van der Waals surface area (Å²) in [6.45, 7) is 6.55. The Morgan fingerprint density at radius 1 is 0.579 bits per heavy atom. The van der Waals surface area contributed by atoms with Gasteiger partial charge in [0.2, 0.25) is 0 Å². The minimum absolute atomic E-state index is 0.0636. The molecule has 0 N–H and O–H groups in total. The Hall–Kier alpha value is -2.09. The molecular formula is C31H37F5OSn. The van der Waals surface area contributed by atoms with E-state index >= 15 is 8.78 Å². The van der Waals surface area contributed by atoms with Crippen LogP contribution in [0.4, 0.5) is 22.0 Å². The van der Waals surface area contributed by atoms with E-state index in [1.54, 1.807) is 6.07 Å². The minimum atomic E-state index is -3.12. The third-order valence-corrected chi connectivity index (χ3v) is 23.2. The van der Waals surface area contributed by atoms with Gasteiger partial charge < -0.3 is 0 Å². The summed E-state index contributed by atoms with van der Waals surface area (Å²) in [5, 5.41) is 0. The van der Waals surface area contributed by atoms with Crippen LogP contribution < -0.4 is 8.32 Å². The molecule has 206 valence electrons. The molecule has 3 aromatic rings. The van der Waals surface area contributed by atoms with Crippen LogP contribution in [0.2, 0.25) is 13.3 Å². The second-order valence-electron chi connectivity index (χ2n) is 9.96. The van der Waals surface area contributed by atoms with E-state index in [0.717, 1.165) is 57.4 Å². The summed E-state index contributed by atoms with van der Waals surface area (Å²) in [5.41, 5.74) is 0.162. The van der Waals surface area contributed by atoms with Gasteiger partial charge in [-0.1, -0.05) is 0 Å². The summed E-state index contributed by atoms with van der Waals surface area (Å²) < 4.78 is 83.1. The summed E-state index contributed by atoms with van der Waals surface area (Å²) in [7, 11) is 1.45. The first kappa shape index (κ1) is 30.5. The van der Waals surface area contributed by atoms with Crippen molar-refractivity contribution in [3.63, 3.8) is 0 Å². The number of halogens is 5. The van der Waals surface area contributed by atoms with Crippen LogP contribution in [0, 0.1) is 29.1 Å². The molecule has 0 aromatic heterocycles. The molecule has 7 heteroatoms. The second-order valence-corrected chi connectivity index (χ2v) is 23.1. The Morgan fingerprint density at radius 3 is 1.55 bits per heavy atom. The van der Waals surface area contributed by atoms with Gasteiger partial charge >= 0.3 is 228 Å². The predicted molar refractivity (Wildman–Crippen MR) is 148 cm³/mol. The van der Waals surface area contributed by atoms with Crippen LogP contribution in [0.25, 0.3) is 22.3 Å². The van der Waals surface area contributed by atoms with Gasteiger partial charge in [-0.05, 0) is 0 Å². The first-order valence-electron chi connectivity index (χ1n) is 13.6. The van der Waals surface area contributed by atoms with E-state index in [1.165, 1.54) is 22.8 Å². The summed E-state index contributed by atoms with van der Waals surface area (Å²) >= 11 is -3.12. The fraction of sp³-hybridized carbons (Fsp3) is 0.419. The third-order valence-electron chi connectivity index (χ3n) is 7.52. The van der Waals surface area contributed by atoms with Gasteiger partial charge in [0.15, 0.2) is 0 Å². The fourth-order valence-corrected chi connectivity index (χ4v) is 22.3. The van der Waals surface area contributed by atoms with Crippen LogP contribution in [0.15, 0.2) is 42.5 Å². The molecule has 0 unspecified atom stereocenters. The summed E-state index contributed by atoms with van der Waals surface area (Å²) in [4.78, 5) is 0. The molecule has 0 saturated heterocycles. The van der Waals surface area contributed by atoms with E-state index in [9.17, 15) is 13.2 Å². The van der Waals surface area contributed by atoms with Crippen molar-refractivity contribution < 1.29 is 26.7 Å². The van der Waals surface area contributed by atoms with Crippen LogP contribution in [0.5, 0.6) is 5.75 Å². The number of rotatable bonds is 13. The molecule has 0 aliphatic rings. The van der Waals surface area contributed by atoms with Crippen LogP contribution in [-0.2, 0) is 0 Å². The molecule has 0 atom stereocenters. The Labute approximate surface area is 227 Å². The standard InChI is InChI=1S/C19H10F5O.3C4H9.Sn/c1-25-12-9-5-8-11(13(12)10-6-3-2-4-7-10)14-15(20)17(22)19(24)18(23)16(14)21;3*1-3-4-2;/h2-6,8-9H,1H3;3*1,3-4H2,2H3;. The van der Waals surface area contributed by atoms with Crippen molar-refractivity contribution in [3.8, 4) is 28.0 Å². The van der Waals surface area contributed by atoms with Crippen LogP contribution in [0.1, 0.15) is 59.3 Å². The van der Waals surface area contributed by atoms with Crippen molar-refractivity contribution >= 4 is 22.0 Å². The van der Waals surface area contributed by atoms with Crippen molar-refractivity contribution in [3.05, 3.63) is 71.6 Å². The Bertz CT molecular complexity index is 1190. The summed E-state index contributed by atoms with van der Waals surface area (Å²) in [5.74, 6) is -9.42. The molecule has 3 aromatic carbocycles. The summed E-state index contributed by atoms with van der Waals surface area (Å²) in [6.07, 6.45) is 6.54. The molecule has 0 aliphatic carbocycles. The number of benzene rings is 3. The van der Waals surface area contributed by atoms with Crippen LogP contribution in [-0.4, -0.2) is 25.5 Å².